The Labute approximate surface area is 109 Å². The normalized spacial score (nSPS) is 21.8. The molecule has 1 atom stereocenters. The molecule has 0 aliphatic carbocycles. The Morgan fingerprint density at radius 3 is 3.00 bits per heavy atom. The second kappa shape index (κ2) is 6.86. The van der Waals surface area contributed by atoms with Crippen molar-refractivity contribution in [3.8, 4) is 0 Å². The van der Waals surface area contributed by atoms with Gasteiger partial charge in [0.25, 0.3) is 0 Å². The van der Waals surface area contributed by atoms with Gasteiger partial charge in [-0.05, 0) is 44.0 Å². The minimum atomic E-state index is -0.0718. The first kappa shape index (κ1) is 13.5. The molecule has 1 aromatic rings. The summed E-state index contributed by atoms with van der Waals surface area (Å²) in [6, 6.07) is 7.70. The van der Waals surface area contributed by atoms with Gasteiger partial charge in [0.2, 0.25) is 0 Å². The second-order valence-corrected chi connectivity index (χ2v) is 5.05. The van der Waals surface area contributed by atoms with Crippen LogP contribution in [0.2, 0.25) is 0 Å². The average Bonchev–Trinajstić information content (AvgIpc) is 2.63. The number of hydrogen-bond acceptors (Lipinski definition) is 2. The Kier molecular flexibility index (Phi) is 5.14. The van der Waals surface area contributed by atoms with E-state index < -0.39 is 0 Å². The molecule has 1 saturated heterocycles. The summed E-state index contributed by atoms with van der Waals surface area (Å²) >= 11 is 0. The smallest absolute Gasteiger partial charge is 0.126 e. The molecular formula is C15H23FN2. The molecule has 18 heavy (non-hydrogen) atoms. The van der Waals surface area contributed by atoms with Crippen LogP contribution >= 0.6 is 0 Å². The van der Waals surface area contributed by atoms with Crippen molar-refractivity contribution >= 4 is 0 Å². The van der Waals surface area contributed by atoms with Crippen LogP contribution in [0.15, 0.2) is 24.3 Å². The van der Waals surface area contributed by atoms with Crippen LogP contribution in [0, 0.1) is 5.82 Å². The van der Waals surface area contributed by atoms with Gasteiger partial charge in [0.05, 0.1) is 0 Å². The van der Waals surface area contributed by atoms with E-state index in [0.29, 0.717) is 6.04 Å². The lowest BCUT2D eigenvalue weighted by Crippen LogP contribution is -2.38. The van der Waals surface area contributed by atoms with Gasteiger partial charge < -0.3 is 10.2 Å². The third-order valence-electron chi connectivity index (χ3n) is 3.71. The first-order valence-electron chi connectivity index (χ1n) is 6.98. The standard InChI is InChI=1S/C15H23FN2/c1-2-14-12-18(10-5-9-17-14)11-8-13-6-3-4-7-15(13)16/h3-4,6-7,14,17H,2,5,8-12H2,1H3. The van der Waals surface area contributed by atoms with E-state index in [0.717, 1.165) is 44.6 Å². The van der Waals surface area contributed by atoms with E-state index in [-0.39, 0.29) is 5.82 Å². The number of halogens is 1. The Bertz CT molecular complexity index is 367. The van der Waals surface area contributed by atoms with E-state index >= 15 is 0 Å². The van der Waals surface area contributed by atoms with Gasteiger partial charge in [-0.2, -0.15) is 0 Å². The molecular weight excluding hydrogens is 227 g/mol. The highest BCUT2D eigenvalue weighted by molar-refractivity contribution is 5.17. The fourth-order valence-electron chi connectivity index (χ4n) is 2.53. The van der Waals surface area contributed by atoms with Crippen LogP contribution in [0.25, 0.3) is 0 Å². The van der Waals surface area contributed by atoms with Crippen molar-refractivity contribution in [3.63, 3.8) is 0 Å². The zero-order chi connectivity index (χ0) is 12.8. The molecule has 1 aromatic carbocycles. The number of nitrogens with one attached hydrogen (secondary N) is 1. The van der Waals surface area contributed by atoms with Crippen molar-refractivity contribution in [3.05, 3.63) is 35.6 Å². The van der Waals surface area contributed by atoms with Gasteiger partial charge >= 0.3 is 0 Å². The van der Waals surface area contributed by atoms with Crippen LogP contribution in [-0.2, 0) is 6.42 Å². The summed E-state index contributed by atoms with van der Waals surface area (Å²) in [5.74, 6) is -0.0718. The number of rotatable bonds is 4. The first-order chi connectivity index (χ1) is 8.79. The minimum Gasteiger partial charge on any atom is -0.313 e. The van der Waals surface area contributed by atoms with E-state index in [9.17, 15) is 4.39 Å². The molecule has 0 amide bonds. The van der Waals surface area contributed by atoms with E-state index in [1.807, 2.05) is 12.1 Å². The molecule has 1 fully saturated rings. The van der Waals surface area contributed by atoms with Crippen LogP contribution in [-0.4, -0.2) is 37.1 Å². The molecule has 0 radical (unpaired) electrons. The fourth-order valence-corrected chi connectivity index (χ4v) is 2.53. The molecule has 0 bridgehead atoms. The Balaban J connectivity index is 1.87. The number of benzene rings is 1. The summed E-state index contributed by atoms with van der Waals surface area (Å²) in [6.07, 6.45) is 3.16. The molecule has 0 aromatic heterocycles. The Morgan fingerprint density at radius 2 is 2.22 bits per heavy atom. The molecule has 1 N–H and O–H groups in total. The molecule has 0 spiro atoms. The molecule has 2 rings (SSSR count). The van der Waals surface area contributed by atoms with Gasteiger partial charge in [-0.25, -0.2) is 4.39 Å². The lowest BCUT2D eigenvalue weighted by molar-refractivity contribution is 0.267. The van der Waals surface area contributed by atoms with E-state index in [1.54, 1.807) is 12.1 Å². The van der Waals surface area contributed by atoms with E-state index in [2.05, 4.69) is 17.1 Å². The maximum atomic E-state index is 13.5. The van der Waals surface area contributed by atoms with Crippen molar-refractivity contribution < 1.29 is 4.39 Å². The highest BCUT2D eigenvalue weighted by Gasteiger charge is 2.16. The van der Waals surface area contributed by atoms with Crippen molar-refractivity contribution in [2.45, 2.75) is 32.2 Å². The maximum Gasteiger partial charge on any atom is 0.126 e. The van der Waals surface area contributed by atoms with Crippen molar-refractivity contribution in [2.24, 2.45) is 0 Å². The molecule has 2 nitrogen and oxygen atoms in total. The summed E-state index contributed by atoms with van der Waals surface area (Å²) in [7, 11) is 0. The van der Waals surface area contributed by atoms with Crippen LogP contribution in [0.5, 0.6) is 0 Å². The van der Waals surface area contributed by atoms with Crippen molar-refractivity contribution in [2.75, 3.05) is 26.2 Å². The minimum absolute atomic E-state index is 0.0718. The second-order valence-electron chi connectivity index (χ2n) is 5.05. The van der Waals surface area contributed by atoms with Crippen LogP contribution in [0.1, 0.15) is 25.3 Å². The lowest BCUT2D eigenvalue weighted by atomic mass is 10.1. The Morgan fingerprint density at radius 1 is 1.39 bits per heavy atom. The molecule has 100 valence electrons. The fraction of sp³-hybridized carbons (Fsp3) is 0.600. The Hall–Kier alpha value is -0.930. The molecule has 1 aliphatic rings. The monoisotopic (exact) mass is 250 g/mol. The highest BCUT2D eigenvalue weighted by Crippen LogP contribution is 2.09. The summed E-state index contributed by atoms with van der Waals surface area (Å²) < 4.78 is 13.5. The quantitative estimate of drug-likeness (QED) is 0.883. The van der Waals surface area contributed by atoms with Gasteiger partial charge in [0.1, 0.15) is 5.82 Å². The largest absolute Gasteiger partial charge is 0.313 e. The topological polar surface area (TPSA) is 15.3 Å². The predicted molar refractivity (Wildman–Crippen MR) is 73.2 cm³/mol. The molecule has 1 heterocycles. The van der Waals surface area contributed by atoms with Gasteiger partial charge in [0.15, 0.2) is 0 Å². The SMILES string of the molecule is CCC1CN(CCc2ccccc2F)CCCN1. The molecule has 3 heteroatoms. The van der Waals surface area contributed by atoms with Crippen LogP contribution in [0.4, 0.5) is 4.39 Å². The summed E-state index contributed by atoms with van der Waals surface area (Å²) in [4.78, 5) is 2.46. The highest BCUT2D eigenvalue weighted by atomic mass is 19.1. The lowest BCUT2D eigenvalue weighted by Gasteiger charge is -2.23. The van der Waals surface area contributed by atoms with Gasteiger partial charge in [-0.3, -0.25) is 0 Å². The van der Waals surface area contributed by atoms with Gasteiger partial charge in [0, 0.05) is 19.1 Å². The zero-order valence-corrected chi connectivity index (χ0v) is 11.2. The van der Waals surface area contributed by atoms with Crippen LogP contribution in [0.3, 0.4) is 0 Å². The zero-order valence-electron chi connectivity index (χ0n) is 11.2. The summed E-state index contributed by atoms with van der Waals surface area (Å²) in [6.45, 7) is 6.49. The third kappa shape index (κ3) is 3.79. The van der Waals surface area contributed by atoms with Crippen molar-refractivity contribution in [1.82, 2.24) is 10.2 Å². The number of nitrogens with zero attached hydrogens (tertiary/aromatic N) is 1. The predicted octanol–water partition coefficient (Wildman–Crippen LogP) is 2.44. The average molecular weight is 250 g/mol. The number of hydrogen-bond donors (Lipinski definition) is 1. The molecule has 1 aliphatic heterocycles. The summed E-state index contributed by atoms with van der Waals surface area (Å²) in [5.41, 5.74) is 0.836. The van der Waals surface area contributed by atoms with Crippen molar-refractivity contribution in [1.29, 1.82) is 0 Å². The van der Waals surface area contributed by atoms with Gasteiger partial charge in [-0.15, -0.1) is 0 Å². The van der Waals surface area contributed by atoms with E-state index in [1.165, 1.54) is 6.42 Å². The third-order valence-corrected chi connectivity index (χ3v) is 3.71. The maximum absolute atomic E-state index is 13.5. The molecule has 0 saturated carbocycles. The first-order valence-corrected chi connectivity index (χ1v) is 6.98. The van der Waals surface area contributed by atoms with Crippen LogP contribution < -0.4 is 5.32 Å². The summed E-state index contributed by atoms with van der Waals surface area (Å²) in [5, 5.41) is 3.56. The van der Waals surface area contributed by atoms with Gasteiger partial charge in [-0.1, -0.05) is 25.1 Å². The molecule has 1 unspecified atom stereocenters. The van der Waals surface area contributed by atoms with E-state index in [4.69, 9.17) is 0 Å².